The molecule has 7 heteroatoms. The van der Waals surface area contributed by atoms with Crippen LogP contribution in [-0.2, 0) is 9.59 Å². The van der Waals surface area contributed by atoms with Crippen molar-refractivity contribution in [2.45, 2.75) is 18.9 Å². The summed E-state index contributed by atoms with van der Waals surface area (Å²) in [5.74, 6) is -0.0773. The van der Waals surface area contributed by atoms with Crippen LogP contribution in [0.15, 0.2) is 6.33 Å². The Kier molecular flexibility index (Phi) is 2.13. The summed E-state index contributed by atoms with van der Waals surface area (Å²) in [6, 6.07) is -0.451. The molecular weight excluding hydrogens is 186 g/mol. The average Bonchev–Trinajstić information content (AvgIpc) is 2.75. The third kappa shape index (κ3) is 1.70. The van der Waals surface area contributed by atoms with Crippen molar-refractivity contribution in [3.63, 3.8) is 0 Å². The largest absolute Gasteiger partial charge is 0.344 e. The molecule has 0 unspecified atom stereocenters. The highest BCUT2D eigenvalue weighted by Gasteiger charge is 2.27. The minimum Gasteiger partial charge on any atom is -0.344 e. The summed E-state index contributed by atoms with van der Waals surface area (Å²) in [5, 5.41) is 11.1. The maximum atomic E-state index is 11.4. The lowest BCUT2D eigenvalue weighted by Crippen LogP contribution is -2.37. The molecule has 1 saturated heterocycles. The number of aromatic amines is 1. The van der Waals surface area contributed by atoms with Gasteiger partial charge in [0.25, 0.3) is 0 Å². The molecule has 0 saturated carbocycles. The molecule has 0 aromatic carbocycles. The number of aromatic nitrogens is 3. The summed E-state index contributed by atoms with van der Waals surface area (Å²) < 4.78 is 0. The fraction of sp³-hybridized carbons (Fsp3) is 0.429. The van der Waals surface area contributed by atoms with E-state index in [4.69, 9.17) is 0 Å². The topological polar surface area (TPSA) is 99.8 Å². The minimum absolute atomic E-state index is 0.0947. The highest BCUT2D eigenvalue weighted by Crippen LogP contribution is 2.08. The molecule has 0 radical (unpaired) electrons. The summed E-state index contributed by atoms with van der Waals surface area (Å²) >= 11 is 0. The lowest BCUT2D eigenvalue weighted by molar-refractivity contribution is -0.122. The van der Waals surface area contributed by atoms with Crippen LogP contribution in [0.1, 0.15) is 12.8 Å². The number of carbonyl (C=O) groups is 2. The van der Waals surface area contributed by atoms with Crippen LogP contribution >= 0.6 is 0 Å². The van der Waals surface area contributed by atoms with Crippen LogP contribution in [0.2, 0.25) is 0 Å². The first-order chi connectivity index (χ1) is 6.75. The second-order valence-corrected chi connectivity index (χ2v) is 2.98. The third-order valence-electron chi connectivity index (χ3n) is 1.97. The summed E-state index contributed by atoms with van der Waals surface area (Å²) in [6.07, 6.45) is 2.22. The smallest absolute Gasteiger partial charge is 0.249 e. The highest BCUT2D eigenvalue weighted by atomic mass is 16.2. The Labute approximate surface area is 79.3 Å². The number of nitrogens with zero attached hydrogens (tertiary/aromatic N) is 2. The van der Waals surface area contributed by atoms with Crippen molar-refractivity contribution in [3.8, 4) is 0 Å². The van der Waals surface area contributed by atoms with E-state index in [9.17, 15) is 9.59 Å². The quantitative estimate of drug-likeness (QED) is 0.564. The molecule has 1 aromatic heterocycles. The van der Waals surface area contributed by atoms with Gasteiger partial charge in [-0.25, -0.2) is 5.10 Å². The lowest BCUT2D eigenvalue weighted by Gasteiger charge is -2.07. The molecule has 1 aliphatic rings. The number of anilines is 1. The molecule has 2 heterocycles. The van der Waals surface area contributed by atoms with Gasteiger partial charge in [0.05, 0.1) is 0 Å². The zero-order valence-corrected chi connectivity index (χ0v) is 7.28. The zero-order valence-electron chi connectivity index (χ0n) is 7.28. The van der Waals surface area contributed by atoms with E-state index in [0.29, 0.717) is 12.8 Å². The molecule has 3 N–H and O–H groups in total. The van der Waals surface area contributed by atoms with E-state index in [1.807, 2.05) is 0 Å². The number of carbonyl (C=O) groups excluding carboxylic acids is 2. The van der Waals surface area contributed by atoms with Gasteiger partial charge < -0.3 is 5.32 Å². The number of rotatable bonds is 2. The average molecular weight is 195 g/mol. The molecule has 0 spiro atoms. The Bertz CT molecular complexity index is 347. The van der Waals surface area contributed by atoms with Crippen LogP contribution in [0, 0.1) is 0 Å². The molecule has 1 aromatic rings. The molecule has 14 heavy (non-hydrogen) atoms. The molecule has 0 aliphatic carbocycles. The van der Waals surface area contributed by atoms with Crippen LogP contribution in [0.5, 0.6) is 0 Å². The Morgan fingerprint density at radius 3 is 3.07 bits per heavy atom. The molecule has 2 amide bonds. The van der Waals surface area contributed by atoms with Crippen molar-refractivity contribution in [2.75, 3.05) is 5.32 Å². The second-order valence-electron chi connectivity index (χ2n) is 2.98. The normalized spacial score (nSPS) is 20.6. The van der Waals surface area contributed by atoms with Crippen molar-refractivity contribution in [1.82, 2.24) is 20.5 Å². The predicted molar refractivity (Wildman–Crippen MR) is 46.2 cm³/mol. The van der Waals surface area contributed by atoms with Crippen molar-refractivity contribution in [1.29, 1.82) is 0 Å². The van der Waals surface area contributed by atoms with Crippen molar-refractivity contribution >= 4 is 17.8 Å². The Morgan fingerprint density at radius 2 is 2.50 bits per heavy atom. The zero-order chi connectivity index (χ0) is 9.97. The lowest BCUT2D eigenvalue weighted by atomic mass is 10.2. The van der Waals surface area contributed by atoms with E-state index in [2.05, 4.69) is 25.8 Å². The van der Waals surface area contributed by atoms with Gasteiger partial charge in [-0.05, 0) is 6.42 Å². The van der Waals surface area contributed by atoms with Gasteiger partial charge in [-0.15, -0.1) is 0 Å². The van der Waals surface area contributed by atoms with Crippen molar-refractivity contribution in [3.05, 3.63) is 6.33 Å². The predicted octanol–water partition coefficient (Wildman–Crippen LogP) is -0.978. The molecule has 74 valence electrons. The number of hydrogen-bond acceptors (Lipinski definition) is 4. The first-order valence-electron chi connectivity index (χ1n) is 4.21. The van der Waals surface area contributed by atoms with E-state index in [-0.39, 0.29) is 17.8 Å². The van der Waals surface area contributed by atoms with Crippen LogP contribution < -0.4 is 10.6 Å². The standard InChI is InChI=1S/C7H9N5O2/c13-5-2-1-4(10-5)6(14)11-7-8-3-9-12-7/h3-4H,1-2H2,(H,10,13)(H2,8,9,11,12,14)/t4-/m0/s1. The van der Waals surface area contributed by atoms with Crippen LogP contribution in [0.3, 0.4) is 0 Å². The van der Waals surface area contributed by atoms with E-state index in [0.717, 1.165) is 0 Å². The fourth-order valence-corrected chi connectivity index (χ4v) is 1.28. The van der Waals surface area contributed by atoms with Gasteiger partial charge in [0.2, 0.25) is 17.8 Å². The first-order valence-corrected chi connectivity index (χ1v) is 4.21. The number of nitrogens with one attached hydrogen (secondary N) is 3. The molecule has 1 aliphatic heterocycles. The van der Waals surface area contributed by atoms with E-state index in [1.165, 1.54) is 6.33 Å². The Hall–Kier alpha value is -1.92. The first kappa shape index (κ1) is 8.67. The van der Waals surface area contributed by atoms with E-state index in [1.54, 1.807) is 0 Å². The summed E-state index contributed by atoms with van der Waals surface area (Å²) in [4.78, 5) is 26.0. The molecule has 0 bridgehead atoms. The third-order valence-corrected chi connectivity index (χ3v) is 1.97. The highest BCUT2D eigenvalue weighted by molar-refractivity contribution is 5.97. The molecule has 1 atom stereocenters. The molecule has 2 rings (SSSR count). The molecule has 7 nitrogen and oxygen atoms in total. The Morgan fingerprint density at radius 1 is 1.64 bits per heavy atom. The fourth-order valence-electron chi connectivity index (χ4n) is 1.28. The number of amides is 2. The van der Waals surface area contributed by atoms with E-state index < -0.39 is 6.04 Å². The van der Waals surface area contributed by atoms with Crippen LogP contribution in [0.25, 0.3) is 0 Å². The van der Waals surface area contributed by atoms with Gasteiger partial charge >= 0.3 is 0 Å². The molecule has 1 fully saturated rings. The van der Waals surface area contributed by atoms with Crippen molar-refractivity contribution < 1.29 is 9.59 Å². The van der Waals surface area contributed by atoms with Gasteiger partial charge in [0.15, 0.2) is 0 Å². The monoisotopic (exact) mass is 195 g/mol. The van der Waals surface area contributed by atoms with Gasteiger partial charge in [0.1, 0.15) is 12.4 Å². The number of hydrogen-bond donors (Lipinski definition) is 3. The minimum atomic E-state index is -0.451. The number of H-pyrrole nitrogens is 1. The summed E-state index contributed by atoms with van der Waals surface area (Å²) in [5.41, 5.74) is 0. The molecular formula is C7H9N5O2. The van der Waals surface area contributed by atoms with Gasteiger partial charge in [0, 0.05) is 6.42 Å². The van der Waals surface area contributed by atoms with Gasteiger partial charge in [-0.1, -0.05) is 0 Å². The van der Waals surface area contributed by atoms with Gasteiger partial charge in [-0.2, -0.15) is 10.1 Å². The maximum Gasteiger partial charge on any atom is 0.249 e. The van der Waals surface area contributed by atoms with Crippen LogP contribution in [-0.4, -0.2) is 33.0 Å². The Balaban J connectivity index is 1.93. The van der Waals surface area contributed by atoms with Gasteiger partial charge in [-0.3, -0.25) is 14.9 Å². The summed E-state index contributed by atoms with van der Waals surface area (Å²) in [7, 11) is 0. The summed E-state index contributed by atoms with van der Waals surface area (Å²) in [6.45, 7) is 0. The van der Waals surface area contributed by atoms with E-state index >= 15 is 0 Å². The maximum absolute atomic E-state index is 11.4. The SMILES string of the molecule is O=C1CC[C@@H](C(=O)Nc2ncn[nH]2)N1. The van der Waals surface area contributed by atoms with Crippen LogP contribution in [0.4, 0.5) is 5.95 Å². The van der Waals surface area contributed by atoms with Crippen molar-refractivity contribution in [2.24, 2.45) is 0 Å². The second kappa shape index (κ2) is 3.44.